The molecule has 26 heavy (non-hydrogen) atoms. The monoisotopic (exact) mass is 356 g/mol. The molecule has 0 aliphatic heterocycles. The van der Waals surface area contributed by atoms with Gasteiger partial charge in [-0.2, -0.15) is 0 Å². The molecule has 0 saturated heterocycles. The Bertz CT molecular complexity index is 603. The van der Waals surface area contributed by atoms with Gasteiger partial charge in [-0.1, -0.05) is 49.2 Å². The molecular formula is C20H24N2O4. The molecule has 6 nitrogen and oxygen atoms in total. The number of hydrogen-bond donors (Lipinski definition) is 2. The van der Waals surface area contributed by atoms with Gasteiger partial charge in [0.05, 0.1) is 0 Å². The fourth-order valence-corrected chi connectivity index (χ4v) is 2.25. The topological polar surface area (TPSA) is 76.7 Å². The first-order valence-corrected chi connectivity index (χ1v) is 8.75. The lowest BCUT2D eigenvalue weighted by Crippen LogP contribution is -2.28. The van der Waals surface area contributed by atoms with E-state index in [1.807, 2.05) is 36.4 Å². The van der Waals surface area contributed by atoms with Crippen molar-refractivity contribution in [1.82, 2.24) is 10.6 Å². The first-order valence-electron chi connectivity index (χ1n) is 8.75. The van der Waals surface area contributed by atoms with E-state index < -0.39 is 12.2 Å². The van der Waals surface area contributed by atoms with Gasteiger partial charge in [-0.05, 0) is 37.1 Å². The zero-order chi connectivity index (χ0) is 18.5. The summed E-state index contributed by atoms with van der Waals surface area (Å²) in [7, 11) is 0. The second kappa shape index (κ2) is 11.5. The molecule has 2 N–H and O–H groups in total. The predicted molar refractivity (Wildman–Crippen MR) is 99.4 cm³/mol. The van der Waals surface area contributed by atoms with Crippen LogP contribution in [0.3, 0.4) is 0 Å². The van der Waals surface area contributed by atoms with E-state index in [0.717, 1.165) is 25.7 Å². The van der Waals surface area contributed by atoms with Gasteiger partial charge in [-0.15, -0.1) is 0 Å². The number of benzene rings is 2. The molecule has 0 saturated carbocycles. The minimum absolute atomic E-state index is 0.443. The van der Waals surface area contributed by atoms with Gasteiger partial charge in [-0.25, -0.2) is 9.59 Å². The molecule has 2 aromatic rings. The van der Waals surface area contributed by atoms with E-state index in [-0.39, 0.29) is 0 Å². The Labute approximate surface area is 153 Å². The van der Waals surface area contributed by atoms with E-state index in [9.17, 15) is 9.59 Å². The molecule has 0 aliphatic carbocycles. The van der Waals surface area contributed by atoms with Gasteiger partial charge in [-0.3, -0.25) is 0 Å². The second-order valence-corrected chi connectivity index (χ2v) is 5.67. The minimum atomic E-state index is -0.443. The fourth-order valence-electron chi connectivity index (χ4n) is 2.25. The van der Waals surface area contributed by atoms with Crippen LogP contribution < -0.4 is 20.1 Å². The summed E-state index contributed by atoms with van der Waals surface area (Å²) >= 11 is 0. The third-order valence-corrected chi connectivity index (χ3v) is 3.55. The quantitative estimate of drug-likeness (QED) is 0.663. The maximum absolute atomic E-state index is 11.6. The summed E-state index contributed by atoms with van der Waals surface area (Å²) in [4.78, 5) is 23.2. The van der Waals surface area contributed by atoms with Crippen molar-refractivity contribution >= 4 is 12.2 Å². The van der Waals surface area contributed by atoms with Crippen LogP contribution in [-0.4, -0.2) is 25.3 Å². The smallest absolute Gasteiger partial charge is 0.410 e. The number of carbonyl (C=O) groups excluding carboxylic acids is 2. The van der Waals surface area contributed by atoms with Crippen molar-refractivity contribution in [3.63, 3.8) is 0 Å². The number of unbranched alkanes of at least 4 members (excludes halogenated alkanes) is 3. The van der Waals surface area contributed by atoms with Crippen molar-refractivity contribution in [2.24, 2.45) is 0 Å². The Morgan fingerprint density at radius 1 is 0.615 bits per heavy atom. The molecule has 6 heteroatoms. The zero-order valence-electron chi connectivity index (χ0n) is 14.6. The molecule has 138 valence electrons. The van der Waals surface area contributed by atoms with E-state index in [1.54, 1.807) is 24.3 Å². The van der Waals surface area contributed by atoms with E-state index >= 15 is 0 Å². The molecule has 2 aromatic carbocycles. The normalized spacial score (nSPS) is 10.0. The zero-order valence-corrected chi connectivity index (χ0v) is 14.6. The van der Waals surface area contributed by atoms with Crippen LogP contribution in [0.2, 0.25) is 0 Å². The summed E-state index contributed by atoms with van der Waals surface area (Å²) in [6, 6.07) is 17.9. The largest absolute Gasteiger partial charge is 0.412 e. The summed E-state index contributed by atoms with van der Waals surface area (Å²) < 4.78 is 10.2. The second-order valence-electron chi connectivity index (χ2n) is 5.67. The standard InChI is InChI=1S/C20H24N2O4/c23-19(25-17-11-5-3-6-12-17)21-15-9-1-2-10-16-22-20(24)26-18-13-7-4-8-14-18/h3-8,11-14H,1-2,9-10,15-16H2,(H,21,23)(H,22,24). The molecule has 0 aromatic heterocycles. The molecule has 0 aliphatic rings. The maximum Gasteiger partial charge on any atom is 0.412 e. The van der Waals surface area contributed by atoms with E-state index in [4.69, 9.17) is 9.47 Å². The van der Waals surface area contributed by atoms with Crippen LogP contribution in [0.1, 0.15) is 25.7 Å². The maximum atomic E-state index is 11.6. The van der Waals surface area contributed by atoms with Crippen LogP contribution in [0.5, 0.6) is 11.5 Å². The number of hydrogen-bond acceptors (Lipinski definition) is 4. The van der Waals surface area contributed by atoms with Crippen LogP contribution in [0, 0.1) is 0 Å². The van der Waals surface area contributed by atoms with Crippen molar-refractivity contribution in [2.45, 2.75) is 25.7 Å². The molecule has 0 fully saturated rings. The number of ether oxygens (including phenoxy) is 2. The van der Waals surface area contributed by atoms with Crippen LogP contribution in [0.15, 0.2) is 60.7 Å². The number of nitrogens with one attached hydrogen (secondary N) is 2. The Hall–Kier alpha value is -3.02. The van der Waals surface area contributed by atoms with Crippen LogP contribution in [0.25, 0.3) is 0 Å². The molecule has 2 amide bonds. The molecule has 2 rings (SSSR count). The van der Waals surface area contributed by atoms with Gasteiger partial charge < -0.3 is 20.1 Å². The Kier molecular flexibility index (Phi) is 8.55. The fraction of sp³-hybridized carbons (Fsp3) is 0.300. The number of rotatable bonds is 9. The summed E-state index contributed by atoms with van der Waals surface area (Å²) in [5.74, 6) is 1.05. The number of carbonyl (C=O) groups is 2. The lowest BCUT2D eigenvalue weighted by atomic mass is 10.2. The SMILES string of the molecule is O=C(NCCCCCCNC(=O)Oc1ccccc1)Oc1ccccc1. The highest BCUT2D eigenvalue weighted by Gasteiger charge is 2.04. The third kappa shape index (κ3) is 8.19. The van der Waals surface area contributed by atoms with Crippen molar-refractivity contribution in [2.75, 3.05) is 13.1 Å². The summed E-state index contributed by atoms with van der Waals surface area (Å²) in [5, 5.41) is 5.43. The highest BCUT2D eigenvalue weighted by molar-refractivity contribution is 5.70. The predicted octanol–water partition coefficient (Wildman–Crippen LogP) is 4.12. The van der Waals surface area contributed by atoms with Crippen molar-refractivity contribution in [3.05, 3.63) is 60.7 Å². The van der Waals surface area contributed by atoms with Gasteiger partial charge in [0.1, 0.15) is 11.5 Å². The first-order chi connectivity index (χ1) is 12.7. The first kappa shape index (κ1) is 19.3. The molecule has 0 unspecified atom stereocenters. The van der Waals surface area contributed by atoms with Crippen molar-refractivity contribution < 1.29 is 19.1 Å². The molecule has 0 heterocycles. The number of para-hydroxylation sites is 2. The van der Waals surface area contributed by atoms with Gasteiger partial charge >= 0.3 is 12.2 Å². The van der Waals surface area contributed by atoms with Crippen LogP contribution in [0.4, 0.5) is 9.59 Å². The Balaban J connectivity index is 1.43. The van der Waals surface area contributed by atoms with E-state index in [1.165, 1.54) is 0 Å². The lowest BCUT2D eigenvalue weighted by molar-refractivity contribution is 0.198. The summed E-state index contributed by atoms with van der Waals surface area (Å²) in [5.41, 5.74) is 0. The van der Waals surface area contributed by atoms with Gasteiger partial charge in [0, 0.05) is 13.1 Å². The minimum Gasteiger partial charge on any atom is -0.410 e. The Morgan fingerprint density at radius 3 is 1.38 bits per heavy atom. The summed E-state index contributed by atoms with van der Waals surface area (Å²) in [6.45, 7) is 1.13. The summed E-state index contributed by atoms with van der Waals surface area (Å²) in [6.07, 6.45) is 2.75. The van der Waals surface area contributed by atoms with Crippen molar-refractivity contribution in [3.8, 4) is 11.5 Å². The average molecular weight is 356 g/mol. The van der Waals surface area contributed by atoms with Crippen molar-refractivity contribution in [1.29, 1.82) is 0 Å². The third-order valence-electron chi connectivity index (χ3n) is 3.55. The van der Waals surface area contributed by atoms with Crippen LogP contribution in [-0.2, 0) is 0 Å². The van der Waals surface area contributed by atoms with Crippen LogP contribution >= 0.6 is 0 Å². The van der Waals surface area contributed by atoms with Gasteiger partial charge in [0.25, 0.3) is 0 Å². The molecular weight excluding hydrogens is 332 g/mol. The molecule has 0 spiro atoms. The molecule has 0 bridgehead atoms. The van der Waals surface area contributed by atoms with Gasteiger partial charge in [0.15, 0.2) is 0 Å². The Morgan fingerprint density at radius 2 is 1.00 bits per heavy atom. The molecule has 0 atom stereocenters. The highest BCUT2D eigenvalue weighted by atomic mass is 16.6. The van der Waals surface area contributed by atoms with E-state index in [0.29, 0.717) is 24.6 Å². The highest BCUT2D eigenvalue weighted by Crippen LogP contribution is 2.09. The van der Waals surface area contributed by atoms with Gasteiger partial charge in [0.2, 0.25) is 0 Å². The average Bonchev–Trinajstić information content (AvgIpc) is 2.65. The molecule has 0 radical (unpaired) electrons. The number of amides is 2. The van der Waals surface area contributed by atoms with E-state index in [2.05, 4.69) is 10.6 Å². The lowest BCUT2D eigenvalue weighted by Gasteiger charge is -2.07.